The van der Waals surface area contributed by atoms with E-state index in [2.05, 4.69) is 22.4 Å². The number of likely N-dealkylation sites (N-methyl/N-ethyl adjacent to an activating group) is 1. The highest BCUT2D eigenvalue weighted by molar-refractivity contribution is 5.61. The molecule has 2 rings (SSSR count). The van der Waals surface area contributed by atoms with Crippen molar-refractivity contribution in [1.82, 2.24) is 15.5 Å². The van der Waals surface area contributed by atoms with Crippen LogP contribution < -0.4 is 5.32 Å². The molecule has 2 N–H and O–H groups in total. The lowest BCUT2D eigenvalue weighted by Gasteiger charge is -2.02. The second-order valence-electron chi connectivity index (χ2n) is 4.05. The summed E-state index contributed by atoms with van der Waals surface area (Å²) in [4.78, 5) is 0. The molecule has 5 nitrogen and oxygen atoms in total. The minimum atomic E-state index is 0.236. The van der Waals surface area contributed by atoms with E-state index in [1.54, 1.807) is 12.1 Å². The topological polar surface area (TPSA) is 71.2 Å². The summed E-state index contributed by atoms with van der Waals surface area (Å²) in [6.45, 7) is 5.62. The van der Waals surface area contributed by atoms with Gasteiger partial charge in [0, 0.05) is 24.1 Å². The van der Waals surface area contributed by atoms with Crippen molar-refractivity contribution < 1.29 is 9.52 Å². The monoisotopic (exact) mass is 247 g/mol. The zero-order valence-electron chi connectivity index (χ0n) is 10.6. The normalized spacial score (nSPS) is 10.8. The quantitative estimate of drug-likeness (QED) is 0.790. The van der Waals surface area contributed by atoms with Gasteiger partial charge in [-0.25, -0.2) is 0 Å². The van der Waals surface area contributed by atoms with Crippen LogP contribution in [-0.2, 0) is 6.42 Å². The standard InChI is InChI=1S/C13H17N3O2/c1-3-14-8-7-12-15-16-13(18-12)10-5-4-6-11(17)9(10)2/h4-6,14,17H,3,7-8H2,1-2H3. The van der Waals surface area contributed by atoms with Crippen LogP contribution in [0, 0.1) is 6.92 Å². The lowest BCUT2D eigenvalue weighted by Crippen LogP contribution is -2.16. The van der Waals surface area contributed by atoms with E-state index in [4.69, 9.17) is 4.42 Å². The third-order valence-electron chi connectivity index (χ3n) is 2.77. The van der Waals surface area contributed by atoms with E-state index < -0.39 is 0 Å². The Morgan fingerprint density at radius 1 is 1.33 bits per heavy atom. The van der Waals surface area contributed by atoms with Gasteiger partial charge in [0.25, 0.3) is 0 Å². The number of benzene rings is 1. The maximum atomic E-state index is 9.64. The highest BCUT2D eigenvalue weighted by Crippen LogP contribution is 2.27. The van der Waals surface area contributed by atoms with E-state index in [1.807, 2.05) is 13.0 Å². The van der Waals surface area contributed by atoms with Gasteiger partial charge in [-0.3, -0.25) is 0 Å². The third-order valence-corrected chi connectivity index (χ3v) is 2.77. The van der Waals surface area contributed by atoms with Crippen LogP contribution in [0.2, 0.25) is 0 Å². The maximum absolute atomic E-state index is 9.64. The molecule has 0 fully saturated rings. The molecule has 0 saturated carbocycles. The number of phenolic OH excluding ortho intramolecular Hbond substituents is 1. The SMILES string of the molecule is CCNCCc1nnc(-c2cccc(O)c2C)o1. The van der Waals surface area contributed by atoms with E-state index in [0.29, 0.717) is 18.2 Å². The van der Waals surface area contributed by atoms with E-state index in [9.17, 15) is 5.11 Å². The molecule has 0 aliphatic heterocycles. The van der Waals surface area contributed by atoms with Gasteiger partial charge in [-0.1, -0.05) is 13.0 Å². The molecule has 0 radical (unpaired) electrons. The molecule has 0 aliphatic rings. The summed E-state index contributed by atoms with van der Waals surface area (Å²) in [6, 6.07) is 5.26. The minimum Gasteiger partial charge on any atom is -0.508 e. The Balaban J connectivity index is 2.16. The van der Waals surface area contributed by atoms with Crippen LogP contribution >= 0.6 is 0 Å². The molecule has 18 heavy (non-hydrogen) atoms. The van der Waals surface area contributed by atoms with E-state index in [1.165, 1.54) is 0 Å². The molecule has 1 aromatic carbocycles. The van der Waals surface area contributed by atoms with Crippen LogP contribution in [0.3, 0.4) is 0 Å². The molecule has 0 bridgehead atoms. The molecule has 1 heterocycles. The Kier molecular flexibility index (Phi) is 3.94. The molecule has 0 spiro atoms. The summed E-state index contributed by atoms with van der Waals surface area (Å²) in [5, 5.41) is 20.8. The number of aromatic nitrogens is 2. The molecule has 0 unspecified atom stereocenters. The molecule has 0 amide bonds. The number of hydrogen-bond acceptors (Lipinski definition) is 5. The Labute approximate surface area is 106 Å². The molecule has 96 valence electrons. The van der Waals surface area contributed by atoms with Crippen molar-refractivity contribution >= 4 is 0 Å². The summed E-state index contributed by atoms with van der Waals surface area (Å²) < 4.78 is 5.58. The highest BCUT2D eigenvalue weighted by atomic mass is 16.4. The zero-order valence-corrected chi connectivity index (χ0v) is 10.6. The Morgan fingerprint density at radius 3 is 2.94 bits per heavy atom. The van der Waals surface area contributed by atoms with Crippen molar-refractivity contribution in [3.63, 3.8) is 0 Å². The van der Waals surface area contributed by atoms with E-state index in [0.717, 1.165) is 24.2 Å². The smallest absolute Gasteiger partial charge is 0.248 e. The average molecular weight is 247 g/mol. The zero-order chi connectivity index (χ0) is 13.0. The van der Waals surface area contributed by atoms with Crippen LogP contribution in [0.15, 0.2) is 22.6 Å². The second kappa shape index (κ2) is 5.64. The number of hydrogen-bond donors (Lipinski definition) is 2. The summed E-state index contributed by atoms with van der Waals surface area (Å²) in [6.07, 6.45) is 0.707. The van der Waals surface area contributed by atoms with Gasteiger partial charge in [-0.2, -0.15) is 0 Å². The number of nitrogens with one attached hydrogen (secondary N) is 1. The summed E-state index contributed by atoms with van der Waals surface area (Å²) in [5.41, 5.74) is 1.52. The van der Waals surface area contributed by atoms with E-state index >= 15 is 0 Å². The predicted octanol–water partition coefficient (Wildman–Crippen LogP) is 1.90. The lowest BCUT2D eigenvalue weighted by atomic mass is 10.1. The first-order valence-electron chi connectivity index (χ1n) is 6.04. The predicted molar refractivity (Wildman–Crippen MR) is 68.4 cm³/mol. The third kappa shape index (κ3) is 2.68. The van der Waals surface area contributed by atoms with Crippen molar-refractivity contribution in [2.75, 3.05) is 13.1 Å². The molecular weight excluding hydrogens is 230 g/mol. The minimum absolute atomic E-state index is 0.236. The second-order valence-corrected chi connectivity index (χ2v) is 4.05. The first-order chi connectivity index (χ1) is 8.72. The van der Waals surface area contributed by atoms with Gasteiger partial charge in [0.1, 0.15) is 5.75 Å². The van der Waals surface area contributed by atoms with Crippen LogP contribution in [0.25, 0.3) is 11.5 Å². The average Bonchev–Trinajstić information content (AvgIpc) is 2.82. The molecule has 0 saturated heterocycles. The van der Waals surface area contributed by atoms with Gasteiger partial charge in [0.15, 0.2) is 0 Å². The van der Waals surface area contributed by atoms with Gasteiger partial charge < -0.3 is 14.8 Å². The molecule has 0 atom stereocenters. The van der Waals surface area contributed by atoms with Crippen molar-refractivity contribution in [3.8, 4) is 17.2 Å². The fraction of sp³-hybridized carbons (Fsp3) is 0.385. The van der Waals surface area contributed by atoms with Gasteiger partial charge >= 0.3 is 0 Å². The van der Waals surface area contributed by atoms with Gasteiger partial charge in [0.05, 0.1) is 0 Å². The number of phenols is 1. The first kappa shape index (κ1) is 12.6. The van der Waals surface area contributed by atoms with Crippen LogP contribution in [-0.4, -0.2) is 28.4 Å². The summed E-state index contributed by atoms with van der Waals surface area (Å²) in [5.74, 6) is 1.29. The molecule has 1 aromatic heterocycles. The van der Waals surface area contributed by atoms with Crippen molar-refractivity contribution in [3.05, 3.63) is 29.7 Å². The Morgan fingerprint density at radius 2 is 2.17 bits per heavy atom. The number of aromatic hydroxyl groups is 1. The summed E-state index contributed by atoms with van der Waals surface area (Å²) >= 11 is 0. The van der Waals surface area contributed by atoms with E-state index in [-0.39, 0.29) is 5.75 Å². The molecule has 5 heteroatoms. The maximum Gasteiger partial charge on any atom is 0.248 e. The summed E-state index contributed by atoms with van der Waals surface area (Å²) in [7, 11) is 0. The highest BCUT2D eigenvalue weighted by Gasteiger charge is 2.12. The molecule has 2 aromatic rings. The fourth-order valence-electron chi connectivity index (χ4n) is 1.69. The first-order valence-corrected chi connectivity index (χ1v) is 6.04. The Bertz CT molecular complexity index is 523. The van der Waals surface area contributed by atoms with Crippen molar-refractivity contribution in [2.24, 2.45) is 0 Å². The van der Waals surface area contributed by atoms with Gasteiger partial charge in [0.2, 0.25) is 11.8 Å². The van der Waals surface area contributed by atoms with Crippen molar-refractivity contribution in [2.45, 2.75) is 20.3 Å². The van der Waals surface area contributed by atoms with Crippen LogP contribution in [0.1, 0.15) is 18.4 Å². The van der Waals surface area contributed by atoms with Crippen molar-refractivity contribution in [1.29, 1.82) is 0 Å². The number of nitrogens with zero attached hydrogens (tertiary/aromatic N) is 2. The number of rotatable bonds is 5. The van der Waals surface area contributed by atoms with Crippen LogP contribution in [0.4, 0.5) is 0 Å². The molecule has 0 aliphatic carbocycles. The van der Waals surface area contributed by atoms with Gasteiger partial charge in [-0.05, 0) is 25.6 Å². The largest absolute Gasteiger partial charge is 0.508 e. The Hall–Kier alpha value is -1.88. The van der Waals surface area contributed by atoms with Gasteiger partial charge in [-0.15, -0.1) is 10.2 Å². The molecular formula is C13H17N3O2. The van der Waals surface area contributed by atoms with Crippen LogP contribution in [0.5, 0.6) is 5.75 Å². The lowest BCUT2D eigenvalue weighted by molar-refractivity contribution is 0.469. The fourth-order valence-corrected chi connectivity index (χ4v) is 1.69.